The molecule has 0 aliphatic carbocycles. The highest BCUT2D eigenvalue weighted by molar-refractivity contribution is 8.00. The van der Waals surface area contributed by atoms with Gasteiger partial charge in [0.15, 0.2) is 5.78 Å². The van der Waals surface area contributed by atoms with E-state index < -0.39 is 5.25 Å². The zero-order valence-electron chi connectivity index (χ0n) is 18.1. The van der Waals surface area contributed by atoms with Gasteiger partial charge in [-0.15, -0.1) is 11.8 Å². The number of Topliss-reactive ketones (excluding diaryl/α,β-unsaturated/α-hetero) is 1. The standard InChI is InChI=1S/C26H26N2O3S/c1-3-7-24(30)27-21-14-16-23(17-15-21)32-25(20-8-5-4-6-9-20)26(31)28-22-12-10-19(11-13-22)18(2)29/h4-6,8-17,25H,3,7H2,1-2H3,(H,27,30)(H,28,31). The third kappa shape index (κ3) is 6.56. The second kappa shape index (κ2) is 11.3. The summed E-state index contributed by atoms with van der Waals surface area (Å²) in [6, 6.07) is 23.9. The van der Waals surface area contributed by atoms with Crippen molar-refractivity contribution in [3.63, 3.8) is 0 Å². The lowest BCUT2D eigenvalue weighted by molar-refractivity contribution is -0.116. The fourth-order valence-corrected chi connectivity index (χ4v) is 4.12. The lowest BCUT2D eigenvalue weighted by Crippen LogP contribution is -2.19. The van der Waals surface area contributed by atoms with E-state index in [1.807, 2.05) is 61.5 Å². The van der Waals surface area contributed by atoms with Crippen molar-refractivity contribution in [2.45, 2.75) is 36.8 Å². The van der Waals surface area contributed by atoms with Gasteiger partial charge in [-0.2, -0.15) is 0 Å². The highest BCUT2D eigenvalue weighted by atomic mass is 32.2. The van der Waals surface area contributed by atoms with Gasteiger partial charge in [0, 0.05) is 28.3 Å². The number of thioether (sulfide) groups is 1. The molecule has 0 bridgehead atoms. The van der Waals surface area contributed by atoms with Gasteiger partial charge >= 0.3 is 0 Å². The van der Waals surface area contributed by atoms with Crippen molar-refractivity contribution in [3.05, 3.63) is 90.0 Å². The molecule has 5 nitrogen and oxygen atoms in total. The zero-order valence-corrected chi connectivity index (χ0v) is 18.9. The third-order valence-electron chi connectivity index (χ3n) is 4.77. The van der Waals surface area contributed by atoms with E-state index in [2.05, 4.69) is 10.6 Å². The van der Waals surface area contributed by atoms with Crippen LogP contribution in [0.15, 0.2) is 83.8 Å². The summed E-state index contributed by atoms with van der Waals surface area (Å²) < 4.78 is 0. The molecule has 0 heterocycles. The molecular weight excluding hydrogens is 420 g/mol. The molecule has 0 aliphatic rings. The largest absolute Gasteiger partial charge is 0.326 e. The van der Waals surface area contributed by atoms with Crippen LogP contribution >= 0.6 is 11.8 Å². The van der Waals surface area contributed by atoms with Gasteiger partial charge in [-0.1, -0.05) is 37.3 Å². The molecule has 2 N–H and O–H groups in total. The van der Waals surface area contributed by atoms with E-state index in [0.29, 0.717) is 17.7 Å². The maximum atomic E-state index is 13.2. The van der Waals surface area contributed by atoms with Crippen molar-refractivity contribution < 1.29 is 14.4 Å². The first-order valence-corrected chi connectivity index (χ1v) is 11.4. The normalized spacial score (nSPS) is 11.4. The molecule has 164 valence electrons. The number of rotatable bonds is 9. The van der Waals surface area contributed by atoms with Crippen molar-refractivity contribution in [3.8, 4) is 0 Å². The fraction of sp³-hybridized carbons (Fsp3) is 0.192. The van der Waals surface area contributed by atoms with Gasteiger partial charge in [0.1, 0.15) is 5.25 Å². The maximum absolute atomic E-state index is 13.2. The topological polar surface area (TPSA) is 75.3 Å². The molecule has 3 aromatic carbocycles. The third-order valence-corrected chi connectivity index (χ3v) is 6.03. The first-order valence-electron chi connectivity index (χ1n) is 10.5. The molecule has 3 rings (SSSR count). The molecule has 0 spiro atoms. The Bertz CT molecular complexity index is 1060. The van der Waals surface area contributed by atoms with Crippen LogP contribution in [0.2, 0.25) is 0 Å². The minimum absolute atomic E-state index is 0.00904. The molecule has 0 radical (unpaired) electrons. The van der Waals surface area contributed by atoms with Crippen molar-refractivity contribution in [2.75, 3.05) is 10.6 Å². The predicted molar refractivity (Wildman–Crippen MR) is 130 cm³/mol. The van der Waals surface area contributed by atoms with Crippen molar-refractivity contribution in [1.82, 2.24) is 0 Å². The lowest BCUT2D eigenvalue weighted by Gasteiger charge is -2.17. The van der Waals surface area contributed by atoms with Crippen LogP contribution < -0.4 is 10.6 Å². The SMILES string of the molecule is CCCC(=O)Nc1ccc(SC(C(=O)Nc2ccc(C(C)=O)cc2)c2ccccc2)cc1. The van der Waals surface area contributed by atoms with Crippen molar-refractivity contribution in [2.24, 2.45) is 0 Å². The zero-order chi connectivity index (χ0) is 22.9. The highest BCUT2D eigenvalue weighted by Crippen LogP contribution is 2.36. The van der Waals surface area contributed by atoms with Gasteiger partial charge < -0.3 is 10.6 Å². The molecule has 1 unspecified atom stereocenters. The van der Waals surface area contributed by atoms with E-state index in [0.717, 1.165) is 22.6 Å². The number of hydrogen-bond donors (Lipinski definition) is 2. The molecule has 0 aromatic heterocycles. The molecule has 2 amide bonds. The van der Waals surface area contributed by atoms with Crippen LogP contribution in [0.1, 0.15) is 47.9 Å². The van der Waals surface area contributed by atoms with Crippen molar-refractivity contribution >= 4 is 40.7 Å². The smallest absolute Gasteiger partial charge is 0.242 e. The molecular formula is C26H26N2O3S. The van der Waals surface area contributed by atoms with Gasteiger partial charge in [-0.3, -0.25) is 14.4 Å². The van der Waals surface area contributed by atoms with Crippen molar-refractivity contribution in [1.29, 1.82) is 0 Å². The number of amides is 2. The van der Waals surface area contributed by atoms with E-state index in [9.17, 15) is 14.4 Å². The van der Waals surface area contributed by atoms with E-state index in [-0.39, 0.29) is 17.6 Å². The molecule has 3 aromatic rings. The Morgan fingerprint density at radius 1 is 0.812 bits per heavy atom. The Morgan fingerprint density at radius 3 is 2.00 bits per heavy atom. The second-order valence-corrected chi connectivity index (χ2v) is 8.53. The summed E-state index contributed by atoms with van der Waals surface area (Å²) in [7, 11) is 0. The van der Waals surface area contributed by atoms with Crippen LogP contribution in [0.3, 0.4) is 0 Å². The average Bonchev–Trinajstić information content (AvgIpc) is 2.79. The highest BCUT2D eigenvalue weighted by Gasteiger charge is 2.22. The average molecular weight is 447 g/mol. The first kappa shape index (κ1) is 23.3. The molecule has 0 fully saturated rings. The molecule has 0 saturated carbocycles. The Balaban J connectivity index is 1.75. The summed E-state index contributed by atoms with van der Waals surface area (Å²) in [5.41, 5.74) is 2.85. The molecule has 6 heteroatoms. The van der Waals surface area contributed by atoms with Gasteiger partial charge in [-0.25, -0.2) is 0 Å². The lowest BCUT2D eigenvalue weighted by atomic mass is 10.1. The minimum atomic E-state index is -0.468. The Morgan fingerprint density at radius 2 is 1.41 bits per heavy atom. The van der Waals surface area contributed by atoms with E-state index in [1.165, 1.54) is 18.7 Å². The number of nitrogens with one attached hydrogen (secondary N) is 2. The van der Waals surface area contributed by atoms with Crippen LogP contribution in [0.4, 0.5) is 11.4 Å². The molecule has 32 heavy (non-hydrogen) atoms. The number of carbonyl (C=O) groups excluding carboxylic acids is 3. The van der Waals surface area contributed by atoms with Gasteiger partial charge in [0.05, 0.1) is 0 Å². The maximum Gasteiger partial charge on any atom is 0.242 e. The Labute approximate surface area is 192 Å². The monoisotopic (exact) mass is 446 g/mol. The van der Waals surface area contributed by atoms with Gasteiger partial charge in [0.25, 0.3) is 0 Å². The summed E-state index contributed by atoms with van der Waals surface area (Å²) in [5, 5.41) is 5.35. The number of carbonyl (C=O) groups is 3. The molecule has 0 aliphatic heterocycles. The number of hydrogen-bond acceptors (Lipinski definition) is 4. The Kier molecular flexibility index (Phi) is 8.22. The van der Waals surface area contributed by atoms with E-state index in [4.69, 9.17) is 0 Å². The summed E-state index contributed by atoms with van der Waals surface area (Å²) in [5.74, 6) is -0.183. The van der Waals surface area contributed by atoms with Crippen LogP contribution in [-0.2, 0) is 9.59 Å². The predicted octanol–water partition coefficient (Wildman–Crippen LogP) is 6.10. The van der Waals surface area contributed by atoms with E-state index >= 15 is 0 Å². The van der Waals surface area contributed by atoms with Crippen LogP contribution in [-0.4, -0.2) is 17.6 Å². The first-order chi connectivity index (χ1) is 15.5. The summed E-state index contributed by atoms with van der Waals surface area (Å²) >= 11 is 1.44. The minimum Gasteiger partial charge on any atom is -0.326 e. The van der Waals surface area contributed by atoms with Gasteiger partial charge in [-0.05, 0) is 67.4 Å². The number of benzene rings is 3. The number of ketones is 1. The number of anilines is 2. The quantitative estimate of drug-likeness (QED) is 0.308. The summed E-state index contributed by atoms with van der Waals surface area (Å²) in [4.78, 5) is 37.3. The molecule has 0 saturated heterocycles. The fourth-order valence-electron chi connectivity index (χ4n) is 3.10. The Hall–Kier alpha value is -3.38. The second-order valence-electron chi connectivity index (χ2n) is 7.35. The van der Waals surface area contributed by atoms with E-state index in [1.54, 1.807) is 24.3 Å². The summed E-state index contributed by atoms with van der Waals surface area (Å²) in [6.45, 7) is 3.47. The van der Waals surface area contributed by atoms with Crippen LogP contribution in [0, 0.1) is 0 Å². The van der Waals surface area contributed by atoms with Crippen LogP contribution in [0.25, 0.3) is 0 Å². The molecule has 1 atom stereocenters. The summed E-state index contributed by atoms with van der Waals surface area (Å²) in [6.07, 6.45) is 1.28. The van der Waals surface area contributed by atoms with Gasteiger partial charge in [0.2, 0.25) is 11.8 Å². The van der Waals surface area contributed by atoms with Crippen LogP contribution in [0.5, 0.6) is 0 Å².